The average Bonchev–Trinajstić information content (AvgIpc) is 2.92. The number of likely N-dealkylation sites (tertiary alicyclic amines) is 1. The second-order valence-electron chi connectivity index (χ2n) is 7.25. The summed E-state index contributed by atoms with van der Waals surface area (Å²) < 4.78 is 5.43. The van der Waals surface area contributed by atoms with Crippen molar-refractivity contribution >= 4 is 35.0 Å². The van der Waals surface area contributed by atoms with Gasteiger partial charge < -0.3 is 20.1 Å². The summed E-state index contributed by atoms with van der Waals surface area (Å²) in [6.07, 6.45) is 1.29. The summed E-state index contributed by atoms with van der Waals surface area (Å²) in [6.45, 7) is 5.31. The van der Waals surface area contributed by atoms with E-state index in [0.717, 1.165) is 24.8 Å². The number of rotatable bonds is 10. The van der Waals surface area contributed by atoms with E-state index in [9.17, 15) is 14.7 Å². The molecule has 2 N–H and O–H groups in total. The van der Waals surface area contributed by atoms with Crippen molar-refractivity contribution < 1.29 is 19.4 Å². The maximum atomic E-state index is 12.3. The first-order chi connectivity index (χ1) is 13.3. The highest BCUT2D eigenvalue weighted by Crippen LogP contribution is 2.23. The maximum Gasteiger partial charge on any atom is 0.252 e. The quantitative estimate of drug-likeness (QED) is 0.559. The topological polar surface area (TPSA) is 78.9 Å². The van der Waals surface area contributed by atoms with Gasteiger partial charge in [0.25, 0.3) is 5.91 Å². The Hall–Kier alpha value is -1.34. The predicted octanol–water partition coefficient (Wildman–Crippen LogP) is 2.68. The third-order valence-electron chi connectivity index (χ3n) is 4.69. The molecular formula is C20H28Cl2N2O4. The molecule has 8 heteroatoms. The van der Waals surface area contributed by atoms with Gasteiger partial charge in [0.2, 0.25) is 5.91 Å². The highest BCUT2D eigenvalue weighted by atomic mass is 35.5. The lowest BCUT2D eigenvalue weighted by atomic mass is 10.0. The molecule has 1 heterocycles. The lowest BCUT2D eigenvalue weighted by molar-refractivity contribution is -0.138. The summed E-state index contributed by atoms with van der Waals surface area (Å²) in [5, 5.41) is 14.0. The molecule has 1 fully saturated rings. The van der Waals surface area contributed by atoms with Crippen molar-refractivity contribution in [2.75, 3.05) is 26.2 Å². The summed E-state index contributed by atoms with van der Waals surface area (Å²) in [7, 11) is 0. The van der Waals surface area contributed by atoms with Gasteiger partial charge in [-0.1, -0.05) is 29.3 Å². The van der Waals surface area contributed by atoms with Gasteiger partial charge in [0.1, 0.15) is 6.10 Å². The minimum atomic E-state index is -1.28. The molecule has 0 bridgehead atoms. The lowest BCUT2D eigenvalue weighted by Crippen LogP contribution is -2.38. The first-order valence-electron chi connectivity index (χ1n) is 9.59. The number of aliphatic hydroxyl groups is 1. The van der Waals surface area contributed by atoms with Gasteiger partial charge in [-0.2, -0.15) is 0 Å². The zero-order chi connectivity index (χ0) is 20.7. The summed E-state index contributed by atoms with van der Waals surface area (Å²) >= 11 is 11.9. The summed E-state index contributed by atoms with van der Waals surface area (Å²) in [5.74, 6) is -1.43. The Kier molecular flexibility index (Phi) is 9.02. The Bertz CT molecular complexity index is 684. The van der Waals surface area contributed by atoms with Gasteiger partial charge in [0.05, 0.1) is 28.7 Å². The van der Waals surface area contributed by atoms with E-state index in [1.54, 1.807) is 6.07 Å². The highest BCUT2D eigenvalue weighted by Gasteiger charge is 2.42. The fraction of sp³-hybridized carbons (Fsp3) is 0.600. The van der Waals surface area contributed by atoms with Gasteiger partial charge in [0.15, 0.2) is 0 Å². The van der Waals surface area contributed by atoms with Crippen LogP contribution in [0.4, 0.5) is 0 Å². The number of amides is 2. The number of aryl methyl sites for hydroxylation is 1. The predicted molar refractivity (Wildman–Crippen MR) is 110 cm³/mol. The van der Waals surface area contributed by atoms with Crippen molar-refractivity contribution in [1.29, 1.82) is 0 Å². The zero-order valence-electron chi connectivity index (χ0n) is 16.3. The van der Waals surface area contributed by atoms with E-state index in [1.165, 1.54) is 4.90 Å². The average molecular weight is 431 g/mol. The van der Waals surface area contributed by atoms with Crippen molar-refractivity contribution in [3.8, 4) is 0 Å². The van der Waals surface area contributed by atoms with Gasteiger partial charge in [-0.3, -0.25) is 9.59 Å². The van der Waals surface area contributed by atoms with E-state index in [0.29, 0.717) is 29.7 Å². The number of hydrogen-bond acceptors (Lipinski definition) is 4. The second kappa shape index (κ2) is 11.0. The molecular weight excluding hydrogens is 403 g/mol. The van der Waals surface area contributed by atoms with Crippen LogP contribution in [0.2, 0.25) is 10.0 Å². The summed E-state index contributed by atoms with van der Waals surface area (Å²) in [5.41, 5.74) is 1.09. The molecule has 6 nitrogen and oxygen atoms in total. The summed E-state index contributed by atoms with van der Waals surface area (Å²) in [4.78, 5) is 25.9. The Morgan fingerprint density at radius 2 is 2.07 bits per heavy atom. The van der Waals surface area contributed by atoms with Crippen LogP contribution in [0.5, 0.6) is 0 Å². The molecule has 0 saturated carbocycles. The fourth-order valence-corrected chi connectivity index (χ4v) is 3.43. The SMILES string of the molecule is CC(C)OCCN1CC(C(=O)NCCCCc2ccc(Cl)c(Cl)c2)C(O)C1=O. The highest BCUT2D eigenvalue weighted by molar-refractivity contribution is 6.42. The number of carbonyl (C=O) groups is 2. The fourth-order valence-electron chi connectivity index (χ4n) is 3.10. The van der Waals surface area contributed by atoms with E-state index in [-0.39, 0.29) is 18.6 Å². The third-order valence-corrected chi connectivity index (χ3v) is 5.43. The minimum Gasteiger partial charge on any atom is -0.382 e. The molecule has 1 aliphatic heterocycles. The number of hydrogen-bond donors (Lipinski definition) is 2. The standard InChI is InChI=1S/C20H28Cl2N2O4/c1-13(2)28-10-9-24-12-15(18(25)20(24)27)19(26)23-8-4-3-5-14-6-7-16(21)17(22)11-14/h6-7,11,13,15,18,25H,3-5,8-10,12H2,1-2H3,(H,23,26). The van der Waals surface area contributed by atoms with Crippen LogP contribution in [0.15, 0.2) is 18.2 Å². The van der Waals surface area contributed by atoms with Crippen molar-refractivity contribution in [1.82, 2.24) is 10.2 Å². The number of unbranched alkanes of at least 4 members (excludes halogenated alkanes) is 1. The van der Waals surface area contributed by atoms with E-state index in [1.807, 2.05) is 26.0 Å². The number of carbonyl (C=O) groups excluding carboxylic acids is 2. The molecule has 0 aromatic heterocycles. The van der Waals surface area contributed by atoms with Crippen LogP contribution in [0, 0.1) is 5.92 Å². The number of nitrogens with one attached hydrogen (secondary N) is 1. The molecule has 1 aromatic carbocycles. The summed E-state index contributed by atoms with van der Waals surface area (Å²) in [6, 6.07) is 5.56. The first-order valence-corrected chi connectivity index (χ1v) is 10.3. The molecule has 1 saturated heterocycles. The molecule has 2 unspecified atom stereocenters. The minimum absolute atomic E-state index is 0.0747. The molecule has 28 heavy (non-hydrogen) atoms. The zero-order valence-corrected chi connectivity index (χ0v) is 17.8. The number of halogens is 2. The molecule has 1 aliphatic rings. The van der Waals surface area contributed by atoms with Crippen molar-refractivity contribution in [3.63, 3.8) is 0 Å². The van der Waals surface area contributed by atoms with Crippen LogP contribution in [0.25, 0.3) is 0 Å². The van der Waals surface area contributed by atoms with Crippen molar-refractivity contribution in [3.05, 3.63) is 33.8 Å². The third kappa shape index (κ3) is 6.62. The molecule has 2 atom stereocenters. The smallest absolute Gasteiger partial charge is 0.252 e. The molecule has 2 amide bonds. The number of nitrogens with zero attached hydrogens (tertiary/aromatic N) is 1. The Morgan fingerprint density at radius 1 is 1.32 bits per heavy atom. The van der Waals surface area contributed by atoms with Crippen LogP contribution >= 0.6 is 23.2 Å². The largest absolute Gasteiger partial charge is 0.382 e. The molecule has 0 aliphatic carbocycles. The Balaban J connectivity index is 1.69. The molecule has 0 spiro atoms. The number of benzene rings is 1. The van der Waals surface area contributed by atoms with Gasteiger partial charge in [-0.15, -0.1) is 0 Å². The lowest BCUT2D eigenvalue weighted by Gasteiger charge is -2.17. The van der Waals surface area contributed by atoms with Crippen LogP contribution < -0.4 is 5.32 Å². The maximum absolute atomic E-state index is 12.3. The Morgan fingerprint density at radius 3 is 2.75 bits per heavy atom. The van der Waals surface area contributed by atoms with E-state index >= 15 is 0 Å². The monoisotopic (exact) mass is 430 g/mol. The first kappa shape index (κ1) is 22.9. The van der Waals surface area contributed by atoms with E-state index in [4.69, 9.17) is 27.9 Å². The molecule has 1 aromatic rings. The van der Waals surface area contributed by atoms with Crippen molar-refractivity contribution in [2.24, 2.45) is 5.92 Å². The van der Waals surface area contributed by atoms with Gasteiger partial charge in [-0.25, -0.2) is 0 Å². The molecule has 2 rings (SSSR count). The van der Waals surface area contributed by atoms with Crippen LogP contribution in [-0.4, -0.2) is 60.3 Å². The number of aliphatic hydroxyl groups excluding tert-OH is 1. The van der Waals surface area contributed by atoms with E-state index < -0.39 is 17.9 Å². The van der Waals surface area contributed by atoms with Gasteiger partial charge >= 0.3 is 0 Å². The molecule has 156 valence electrons. The van der Waals surface area contributed by atoms with Crippen LogP contribution in [0.3, 0.4) is 0 Å². The number of ether oxygens (including phenoxy) is 1. The van der Waals surface area contributed by atoms with E-state index in [2.05, 4.69) is 5.32 Å². The van der Waals surface area contributed by atoms with Crippen molar-refractivity contribution in [2.45, 2.75) is 45.3 Å². The Labute approximate surface area is 176 Å². The normalized spacial score (nSPS) is 19.5. The van der Waals surface area contributed by atoms with Gasteiger partial charge in [-0.05, 0) is 50.8 Å². The molecule has 0 radical (unpaired) electrons. The van der Waals surface area contributed by atoms with Crippen LogP contribution in [-0.2, 0) is 20.7 Å². The second-order valence-corrected chi connectivity index (χ2v) is 8.07. The van der Waals surface area contributed by atoms with Gasteiger partial charge in [0, 0.05) is 19.6 Å². The van der Waals surface area contributed by atoms with Crippen LogP contribution in [0.1, 0.15) is 32.3 Å².